The Morgan fingerprint density at radius 3 is 2.95 bits per heavy atom. The van der Waals surface area contributed by atoms with Gasteiger partial charge in [0.25, 0.3) is 5.56 Å². The molecule has 0 atom stereocenters. The Kier molecular flexibility index (Phi) is 3.30. The van der Waals surface area contributed by atoms with Crippen molar-refractivity contribution in [2.45, 2.75) is 12.8 Å². The van der Waals surface area contributed by atoms with Crippen LogP contribution in [0.25, 0.3) is 17.0 Å². The molecule has 0 aliphatic carbocycles. The van der Waals surface area contributed by atoms with E-state index in [0.717, 1.165) is 23.5 Å². The van der Waals surface area contributed by atoms with Crippen LogP contribution in [0.4, 0.5) is 0 Å². The highest BCUT2D eigenvalue weighted by molar-refractivity contribution is 5.60. The number of hydrogen-bond donors (Lipinski definition) is 2. The number of nitrogens with one attached hydrogen (secondary N) is 1. The van der Waals surface area contributed by atoms with E-state index in [-0.39, 0.29) is 5.56 Å². The summed E-state index contributed by atoms with van der Waals surface area (Å²) in [6.45, 7) is 0.591. The minimum atomic E-state index is -0.121. The van der Waals surface area contributed by atoms with Crippen LogP contribution < -0.4 is 11.3 Å². The zero-order chi connectivity index (χ0) is 13.9. The van der Waals surface area contributed by atoms with Crippen LogP contribution >= 0.6 is 0 Å². The van der Waals surface area contributed by atoms with Gasteiger partial charge in [-0.1, -0.05) is 6.07 Å². The highest BCUT2D eigenvalue weighted by atomic mass is 16.1. The molecule has 0 aromatic carbocycles. The number of pyridine rings is 1. The molecule has 0 saturated carbocycles. The zero-order valence-corrected chi connectivity index (χ0v) is 10.9. The third-order valence-electron chi connectivity index (χ3n) is 3.08. The number of rotatable bonds is 4. The SMILES string of the molecule is NCCCc1cc(=O)n2[nH]c(-c3ccccn3)cc2n1. The number of hydrogen-bond acceptors (Lipinski definition) is 4. The number of aromatic amines is 1. The predicted molar refractivity (Wildman–Crippen MR) is 76.4 cm³/mol. The van der Waals surface area contributed by atoms with Crippen molar-refractivity contribution >= 4 is 5.65 Å². The van der Waals surface area contributed by atoms with Crippen molar-refractivity contribution in [3.63, 3.8) is 0 Å². The molecule has 0 aliphatic heterocycles. The maximum atomic E-state index is 12.0. The van der Waals surface area contributed by atoms with Gasteiger partial charge in [0.1, 0.15) is 0 Å². The average Bonchev–Trinajstić information content (AvgIpc) is 2.91. The molecule has 102 valence electrons. The van der Waals surface area contributed by atoms with Gasteiger partial charge >= 0.3 is 0 Å². The Labute approximate surface area is 115 Å². The van der Waals surface area contributed by atoms with E-state index in [1.54, 1.807) is 12.3 Å². The standard InChI is InChI=1S/C14H15N5O/c15-6-3-4-10-8-14(20)19-13(17-10)9-12(18-19)11-5-1-2-7-16-11/h1-2,5,7-9,18H,3-4,6,15H2. The third kappa shape index (κ3) is 2.33. The fourth-order valence-corrected chi connectivity index (χ4v) is 2.10. The van der Waals surface area contributed by atoms with Gasteiger partial charge < -0.3 is 5.73 Å². The molecule has 3 aromatic heterocycles. The van der Waals surface area contributed by atoms with E-state index >= 15 is 0 Å². The van der Waals surface area contributed by atoms with Crippen molar-refractivity contribution < 1.29 is 0 Å². The molecular formula is C14H15N5O. The summed E-state index contributed by atoms with van der Waals surface area (Å²) in [7, 11) is 0. The maximum absolute atomic E-state index is 12.0. The van der Waals surface area contributed by atoms with Gasteiger partial charge in [0.05, 0.1) is 11.4 Å². The van der Waals surface area contributed by atoms with Gasteiger partial charge in [-0.2, -0.15) is 0 Å². The molecule has 0 aliphatic rings. The number of nitrogens with zero attached hydrogens (tertiary/aromatic N) is 3. The summed E-state index contributed by atoms with van der Waals surface area (Å²) in [6.07, 6.45) is 3.25. The molecule has 0 radical (unpaired) electrons. The summed E-state index contributed by atoms with van der Waals surface area (Å²) in [5.41, 5.74) is 8.28. The predicted octanol–water partition coefficient (Wildman–Crippen LogP) is 0.976. The smallest absolute Gasteiger partial charge is 0.272 e. The van der Waals surface area contributed by atoms with E-state index in [0.29, 0.717) is 18.6 Å². The topological polar surface area (TPSA) is 89.1 Å². The molecule has 0 fully saturated rings. The lowest BCUT2D eigenvalue weighted by molar-refractivity contribution is 0.796. The fraction of sp³-hybridized carbons (Fsp3) is 0.214. The maximum Gasteiger partial charge on any atom is 0.272 e. The number of aromatic nitrogens is 4. The Hall–Kier alpha value is -2.47. The zero-order valence-electron chi connectivity index (χ0n) is 10.9. The summed E-state index contributed by atoms with van der Waals surface area (Å²) in [5.74, 6) is 0. The second-order valence-electron chi connectivity index (χ2n) is 4.56. The van der Waals surface area contributed by atoms with Crippen molar-refractivity contribution in [1.29, 1.82) is 0 Å². The Bertz CT molecular complexity index is 775. The van der Waals surface area contributed by atoms with Crippen LogP contribution in [0.3, 0.4) is 0 Å². The Morgan fingerprint density at radius 2 is 2.20 bits per heavy atom. The summed E-state index contributed by atoms with van der Waals surface area (Å²) >= 11 is 0. The van der Waals surface area contributed by atoms with Gasteiger partial charge in [0, 0.05) is 24.0 Å². The van der Waals surface area contributed by atoms with Crippen molar-refractivity contribution in [3.05, 3.63) is 52.6 Å². The van der Waals surface area contributed by atoms with E-state index in [2.05, 4.69) is 15.1 Å². The summed E-state index contributed by atoms with van der Waals surface area (Å²) in [4.78, 5) is 20.8. The van der Waals surface area contributed by atoms with E-state index in [1.807, 2.05) is 24.3 Å². The lowest BCUT2D eigenvalue weighted by Gasteiger charge is -1.99. The fourth-order valence-electron chi connectivity index (χ4n) is 2.10. The largest absolute Gasteiger partial charge is 0.330 e. The van der Waals surface area contributed by atoms with E-state index in [9.17, 15) is 4.79 Å². The van der Waals surface area contributed by atoms with E-state index in [4.69, 9.17) is 5.73 Å². The van der Waals surface area contributed by atoms with Crippen molar-refractivity contribution in [2.24, 2.45) is 5.73 Å². The van der Waals surface area contributed by atoms with Gasteiger partial charge in [-0.05, 0) is 31.5 Å². The molecule has 3 heterocycles. The molecule has 3 N–H and O–H groups in total. The summed E-state index contributed by atoms with van der Waals surface area (Å²) in [5, 5.41) is 3.02. The first-order valence-electron chi connectivity index (χ1n) is 6.51. The quantitative estimate of drug-likeness (QED) is 0.738. The van der Waals surface area contributed by atoms with Crippen molar-refractivity contribution in [1.82, 2.24) is 19.6 Å². The lowest BCUT2D eigenvalue weighted by atomic mass is 10.2. The molecule has 0 spiro atoms. The number of fused-ring (bicyclic) bond motifs is 1. The van der Waals surface area contributed by atoms with Crippen LogP contribution in [0.2, 0.25) is 0 Å². The molecule has 6 nitrogen and oxygen atoms in total. The normalized spacial score (nSPS) is 11.1. The van der Waals surface area contributed by atoms with Gasteiger partial charge in [0.2, 0.25) is 0 Å². The Morgan fingerprint density at radius 1 is 1.30 bits per heavy atom. The lowest BCUT2D eigenvalue weighted by Crippen LogP contribution is -2.16. The molecule has 0 unspecified atom stereocenters. The molecule has 0 saturated heterocycles. The van der Waals surface area contributed by atoms with Crippen molar-refractivity contribution in [2.75, 3.05) is 6.54 Å². The highest BCUT2D eigenvalue weighted by Crippen LogP contribution is 2.15. The molecule has 6 heteroatoms. The van der Waals surface area contributed by atoms with Gasteiger partial charge in [-0.25, -0.2) is 9.50 Å². The van der Waals surface area contributed by atoms with Crippen LogP contribution in [0.15, 0.2) is 41.3 Å². The number of aryl methyl sites for hydroxylation is 1. The molecule has 3 aromatic rings. The molecule has 0 amide bonds. The first kappa shape index (κ1) is 12.6. The van der Waals surface area contributed by atoms with Crippen LogP contribution in [-0.2, 0) is 6.42 Å². The molecular weight excluding hydrogens is 254 g/mol. The van der Waals surface area contributed by atoms with Gasteiger partial charge in [-0.3, -0.25) is 14.9 Å². The third-order valence-corrected chi connectivity index (χ3v) is 3.08. The molecule has 3 rings (SSSR count). The van der Waals surface area contributed by atoms with Crippen molar-refractivity contribution in [3.8, 4) is 11.4 Å². The number of nitrogens with two attached hydrogens (primary N) is 1. The van der Waals surface area contributed by atoms with Gasteiger partial charge in [0.15, 0.2) is 5.65 Å². The minimum Gasteiger partial charge on any atom is -0.330 e. The molecule has 20 heavy (non-hydrogen) atoms. The summed E-state index contributed by atoms with van der Waals surface area (Å²) in [6, 6.07) is 9.00. The van der Waals surface area contributed by atoms with E-state index < -0.39 is 0 Å². The Balaban J connectivity index is 2.07. The van der Waals surface area contributed by atoms with Crippen LogP contribution in [0.5, 0.6) is 0 Å². The monoisotopic (exact) mass is 269 g/mol. The summed E-state index contributed by atoms with van der Waals surface area (Å²) < 4.78 is 1.43. The second kappa shape index (κ2) is 5.26. The first-order valence-corrected chi connectivity index (χ1v) is 6.51. The average molecular weight is 269 g/mol. The number of H-pyrrole nitrogens is 1. The van der Waals surface area contributed by atoms with Crippen LogP contribution in [-0.4, -0.2) is 26.1 Å². The van der Waals surface area contributed by atoms with Gasteiger partial charge in [-0.15, -0.1) is 0 Å². The highest BCUT2D eigenvalue weighted by Gasteiger charge is 2.08. The minimum absolute atomic E-state index is 0.121. The van der Waals surface area contributed by atoms with Crippen LogP contribution in [0, 0.1) is 0 Å². The van der Waals surface area contributed by atoms with Crippen LogP contribution in [0.1, 0.15) is 12.1 Å². The second-order valence-corrected chi connectivity index (χ2v) is 4.56. The first-order chi connectivity index (χ1) is 9.78. The molecule has 0 bridgehead atoms. The van der Waals surface area contributed by atoms with E-state index in [1.165, 1.54) is 4.52 Å².